The smallest absolute Gasteiger partial charge is 0.278 e. The monoisotopic (exact) mass is 173 g/mol. The highest BCUT2D eigenvalue weighted by molar-refractivity contribution is 5.35. The summed E-state index contributed by atoms with van der Waals surface area (Å²) in [6, 6.07) is 0. The first-order chi connectivity index (χ1) is 5.57. The molecule has 0 unspecified atom stereocenters. The molecule has 0 saturated heterocycles. The molecule has 1 aromatic heterocycles. The minimum atomic E-state index is -2.39. The van der Waals surface area contributed by atoms with E-state index in [9.17, 15) is 8.78 Å². The molecular formula is C9H13F2N. The number of rotatable bonds is 2. The molecule has 0 aliphatic carbocycles. The van der Waals surface area contributed by atoms with Crippen LogP contribution in [0.25, 0.3) is 0 Å². The molecule has 0 atom stereocenters. The summed E-state index contributed by atoms with van der Waals surface area (Å²) in [6.45, 7) is 5.54. The van der Waals surface area contributed by atoms with Crippen LogP contribution in [-0.4, -0.2) is 4.98 Å². The fourth-order valence-corrected chi connectivity index (χ4v) is 1.56. The normalized spacial score (nSPS) is 11.2. The Balaban J connectivity index is 3.17. The van der Waals surface area contributed by atoms with Crippen molar-refractivity contribution in [1.82, 2.24) is 4.98 Å². The predicted octanol–water partition coefficient (Wildman–Crippen LogP) is 3.13. The fourth-order valence-electron chi connectivity index (χ4n) is 1.56. The molecular weight excluding hydrogens is 160 g/mol. The molecule has 68 valence electrons. The summed E-state index contributed by atoms with van der Waals surface area (Å²) in [4.78, 5) is 2.71. The molecule has 1 nitrogen and oxygen atoms in total. The van der Waals surface area contributed by atoms with Crippen LogP contribution in [0.2, 0.25) is 0 Å². The largest absolute Gasteiger partial charge is 0.357 e. The number of aromatic amines is 1. The second-order valence-electron chi connectivity index (χ2n) is 2.92. The highest BCUT2D eigenvalue weighted by atomic mass is 19.3. The standard InChI is InChI=1S/C9H13F2N/c1-4-7-5(2)8(9(10)11)12-6(7)3/h9,12H,4H2,1-3H3. The third-order valence-electron chi connectivity index (χ3n) is 2.20. The minimum absolute atomic E-state index is 0.0735. The molecule has 0 bridgehead atoms. The maximum absolute atomic E-state index is 12.3. The summed E-state index contributed by atoms with van der Waals surface area (Å²) >= 11 is 0. The van der Waals surface area contributed by atoms with Gasteiger partial charge in [-0.1, -0.05) is 6.92 Å². The van der Waals surface area contributed by atoms with Gasteiger partial charge in [0.2, 0.25) is 0 Å². The highest BCUT2D eigenvalue weighted by Gasteiger charge is 2.16. The van der Waals surface area contributed by atoms with Crippen molar-refractivity contribution in [2.75, 3.05) is 0 Å². The number of hydrogen-bond donors (Lipinski definition) is 1. The molecule has 1 heterocycles. The minimum Gasteiger partial charge on any atom is -0.357 e. The van der Waals surface area contributed by atoms with E-state index in [1.807, 2.05) is 13.8 Å². The van der Waals surface area contributed by atoms with Crippen molar-refractivity contribution in [3.63, 3.8) is 0 Å². The lowest BCUT2D eigenvalue weighted by atomic mass is 10.1. The Labute approximate surface area is 70.8 Å². The Kier molecular flexibility index (Phi) is 2.50. The lowest BCUT2D eigenvalue weighted by Crippen LogP contribution is -1.87. The molecule has 0 saturated carbocycles. The molecule has 0 aromatic carbocycles. The predicted molar refractivity (Wildman–Crippen MR) is 44.6 cm³/mol. The molecule has 0 amide bonds. The topological polar surface area (TPSA) is 15.8 Å². The van der Waals surface area contributed by atoms with Gasteiger partial charge in [-0.05, 0) is 31.4 Å². The number of hydrogen-bond acceptors (Lipinski definition) is 0. The second kappa shape index (κ2) is 3.25. The van der Waals surface area contributed by atoms with Crippen molar-refractivity contribution in [2.45, 2.75) is 33.6 Å². The summed E-state index contributed by atoms with van der Waals surface area (Å²) in [5.41, 5.74) is 2.67. The molecule has 0 fully saturated rings. The summed E-state index contributed by atoms with van der Waals surface area (Å²) in [6.07, 6.45) is -1.58. The molecule has 0 radical (unpaired) electrons. The molecule has 0 aliphatic rings. The van der Waals surface area contributed by atoms with Crippen molar-refractivity contribution < 1.29 is 8.78 Å². The highest BCUT2D eigenvalue weighted by Crippen LogP contribution is 2.26. The van der Waals surface area contributed by atoms with Crippen LogP contribution in [0.3, 0.4) is 0 Å². The molecule has 0 spiro atoms. The zero-order chi connectivity index (χ0) is 9.30. The number of halogens is 2. The van der Waals surface area contributed by atoms with Crippen LogP contribution in [0.15, 0.2) is 0 Å². The summed E-state index contributed by atoms with van der Waals surface area (Å²) in [5.74, 6) is 0. The van der Waals surface area contributed by atoms with Gasteiger partial charge in [0, 0.05) is 5.69 Å². The van der Waals surface area contributed by atoms with Gasteiger partial charge in [-0.2, -0.15) is 0 Å². The summed E-state index contributed by atoms with van der Waals surface area (Å²) in [7, 11) is 0. The van der Waals surface area contributed by atoms with Gasteiger partial charge in [-0.15, -0.1) is 0 Å². The maximum atomic E-state index is 12.3. The van der Waals surface area contributed by atoms with Gasteiger partial charge in [0.25, 0.3) is 6.43 Å². The Hall–Kier alpha value is -0.860. The summed E-state index contributed by atoms with van der Waals surface area (Å²) in [5, 5.41) is 0. The van der Waals surface area contributed by atoms with Crippen molar-refractivity contribution >= 4 is 0 Å². The lowest BCUT2D eigenvalue weighted by molar-refractivity contribution is 0.146. The first kappa shape index (κ1) is 9.23. The number of aromatic nitrogens is 1. The SMILES string of the molecule is CCc1c(C)[nH]c(C(F)F)c1C. The fraction of sp³-hybridized carbons (Fsp3) is 0.556. The van der Waals surface area contributed by atoms with E-state index in [0.717, 1.165) is 17.7 Å². The first-order valence-corrected chi connectivity index (χ1v) is 4.04. The van der Waals surface area contributed by atoms with Crippen LogP contribution >= 0.6 is 0 Å². The number of aryl methyl sites for hydroxylation is 1. The van der Waals surface area contributed by atoms with Gasteiger partial charge in [-0.3, -0.25) is 0 Å². The zero-order valence-corrected chi connectivity index (χ0v) is 7.54. The Bertz CT molecular complexity index is 276. The van der Waals surface area contributed by atoms with Gasteiger partial charge >= 0.3 is 0 Å². The molecule has 0 aliphatic heterocycles. The van der Waals surface area contributed by atoms with Crippen molar-refractivity contribution in [1.29, 1.82) is 0 Å². The van der Waals surface area contributed by atoms with E-state index in [2.05, 4.69) is 4.98 Å². The molecule has 1 N–H and O–H groups in total. The molecule has 1 rings (SSSR count). The lowest BCUT2D eigenvalue weighted by Gasteiger charge is -1.97. The maximum Gasteiger partial charge on any atom is 0.278 e. The zero-order valence-electron chi connectivity index (χ0n) is 7.54. The van der Waals surface area contributed by atoms with Gasteiger partial charge in [0.1, 0.15) is 0 Å². The van der Waals surface area contributed by atoms with Gasteiger partial charge in [-0.25, -0.2) is 8.78 Å². The van der Waals surface area contributed by atoms with E-state index in [-0.39, 0.29) is 5.69 Å². The van der Waals surface area contributed by atoms with Gasteiger partial charge in [0.15, 0.2) is 0 Å². The molecule has 3 heteroatoms. The molecule has 1 aromatic rings. The van der Waals surface area contributed by atoms with E-state index in [0.29, 0.717) is 5.56 Å². The number of H-pyrrole nitrogens is 1. The van der Waals surface area contributed by atoms with Gasteiger partial charge in [0.05, 0.1) is 5.69 Å². The van der Waals surface area contributed by atoms with Crippen LogP contribution in [-0.2, 0) is 6.42 Å². The van der Waals surface area contributed by atoms with Crippen LogP contribution in [0, 0.1) is 13.8 Å². The Morgan fingerprint density at radius 2 is 1.92 bits per heavy atom. The van der Waals surface area contributed by atoms with Gasteiger partial charge < -0.3 is 4.98 Å². The third kappa shape index (κ3) is 1.36. The van der Waals surface area contributed by atoms with Crippen molar-refractivity contribution in [2.24, 2.45) is 0 Å². The summed E-state index contributed by atoms with van der Waals surface area (Å²) < 4.78 is 24.7. The van der Waals surface area contributed by atoms with Crippen LogP contribution in [0.1, 0.15) is 35.9 Å². The van der Waals surface area contributed by atoms with E-state index in [1.54, 1.807) is 6.92 Å². The van der Waals surface area contributed by atoms with Crippen LogP contribution < -0.4 is 0 Å². The molecule has 12 heavy (non-hydrogen) atoms. The van der Waals surface area contributed by atoms with E-state index >= 15 is 0 Å². The van der Waals surface area contributed by atoms with E-state index < -0.39 is 6.43 Å². The third-order valence-corrected chi connectivity index (χ3v) is 2.20. The van der Waals surface area contributed by atoms with Crippen LogP contribution in [0.5, 0.6) is 0 Å². The van der Waals surface area contributed by atoms with E-state index in [1.165, 1.54) is 0 Å². The van der Waals surface area contributed by atoms with Crippen molar-refractivity contribution in [3.8, 4) is 0 Å². The average Bonchev–Trinajstić information content (AvgIpc) is 2.27. The van der Waals surface area contributed by atoms with Crippen molar-refractivity contribution in [3.05, 3.63) is 22.5 Å². The number of nitrogens with one attached hydrogen (secondary N) is 1. The van der Waals surface area contributed by atoms with E-state index in [4.69, 9.17) is 0 Å². The average molecular weight is 173 g/mol. The Morgan fingerprint density at radius 3 is 2.17 bits per heavy atom. The number of alkyl halides is 2. The first-order valence-electron chi connectivity index (χ1n) is 4.04. The van der Waals surface area contributed by atoms with Crippen LogP contribution in [0.4, 0.5) is 8.78 Å². The second-order valence-corrected chi connectivity index (χ2v) is 2.92. The quantitative estimate of drug-likeness (QED) is 0.707. The Morgan fingerprint density at radius 1 is 1.33 bits per heavy atom.